The minimum atomic E-state index is 0.468. The molecule has 0 heterocycles. The average molecular weight is 563 g/mol. The molecular weight excluding hydrogens is 541 g/mol. The zero-order valence-corrected chi connectivity index (χ0v) is 23.7. The van der Waals surface area contributed by atoms with E-state index in [-0.39, 0.29) is 0 Å². The fraction of sp³-hybridized carbons (Fsp3) is 0.103. The lowest BCUT2D eigenvalue weighted by molar-refractivity contribution is 1.06. The summed E-state index contributed by atoms with van der Waals surface area (Å²) in [4.78, 5) is 1.17. The van der Waals surface area contributed by atoms with Crippen LogP contribution in [0, 0.1) is 0 Å². The molecule has 3 aromatic carbocycles. The van der Waals surface area contributed by atoms with Crippen LogP contribution in [0.25, 0.3) is 0 Å². The Balaban J connectivity index is 1.83. The predicted molar refractivity (Wildman–Crippen MR) is 171 cm³/mol. The molecule has 4 rings (SSSR count). The van der Waals surface area contributed by atoms with Gasteiger partial charge in [-0.2, -0.15) is 0 Å². The van der Waals surface area contributed by atoms with Gasteiger partial charge in [-0.15, -0.1) is 24.4 Å². The SMILES string of the molecule is S=C(S)C1=C(Cc2ccccc2)C(Cc2ccccc2)=C(C(=S)SCc2ccccc2)C(=S)C1=S. The number of thioether (sulfide) groups is 1. The molecule has 0 saturated heterocycles. The lowest BCUT2D eigenvalue weighted by atomic mass is 9.80. The van der Waals surface area contributed by atoms with Crippen molar-refractivity contribution in [3.63, 3.8) is 0 Å². The summed E-state index contributed by atoms with van der Waals surface area (Å²) in [5.74, 6) is 0.771. The maximum atomic E-state index is 6.00. The topological polar surface area (TPSA) is 0 Å². The highest BCUT2D eigenvalue weighted by Crippen LogP contribution is 2.37. The van der Waals surface area contributed by atoms with Crippen LogP contribution in [0.3, 0.4) is 0 Å². The highest BCUT2D eigenvalue weighted by atomic mass is 32.2. The monoisotopic (exact) mass is 562 g/mol. The molecule has 0 fully saturated rings. The van der Waals surface area contributed by atoms with Crippen molar-refractivity contribution in [1.82, 2.24) is 0 Å². The molecule has 174 valence electrons. The standard InChI is InChI=1S/C29H22S6/c30-26-24(28(32)33)22(16-19-10-4-1-5-11-19)23(17-20-12-6-2-7-13-20)25(27(26)31)29(34)35-18-21-14-8-3-9-15-21/h1-15H,16-18H2,(H,32,33). The first kappa shape index (κ1) is 26.3. The van der Waals surface area contributed by atoms with Crippen LogP contribution in [0.15, 0.2) is 113 Å². The molecule has 1 aliphatic rings. The Morgan fingerprint density at radius 3 is 1.46 bits per heavy atom. The van der Waals surface area contributed by atoms with Gasteiger partial charge in [-0.05, 0) is 40.7 Å². The number of thiocarbonyl (C=S) groups is 4. The first-order chi connectivity index (χ1) is 17.0. The van der Waals surface area contributed by atoms with Gasteiger partial charge in [0.2, 0.25) is 0 Å². The van der Waals surface area contributed by atoms with Crippen LogP contribution in [0.1, 0.15) is 16.7 Å². The van der Waals surface area contributed by atoms with Crippen LogP contribution in [0.5, 0.6) is 0 Å². The summed E-state index contributed by atoms with van der Waals surface area (Å²) in [5.41, 5.74) is 7.41. The van der Waals surface area contributed by atoms with Crippen LogP contribution in [-0.2, 0) is 18.6 Å². The smallest absolute Gasteiger partial charge is 0.0799 e. The van der Waals surface area contributed by atoms with Gasteiger partial charge in [-0.3, -0.25) is 0 Å². The number of rotatable bonds is 8. The van der Waals surface area contributed by atoms with Crippen molar-refractivity contribution in [1.29, 1.82) is 0 Å². The summed E-state index contributed by atoms with van der Waals surface area (Å²) in [6.45, 7) is 0. The summed E-state index contributed by atoms with van der Waals surface area (Å²) in [7, 11) is 0. The molecule has 0 aromatic heterocycles. The summed E-state index contributed by atoms with van der Waals surface area (Å²) in [5, 5.41) is 0. The van der Waals surface area contributed by atoms with Crippen LogP contribution in [-0.4, -0.2) is 18.1 Å². The molecule has 0 saturated carbocycles. The number of allylic oxidation sites excluding steroid dienone is 2. The van der Waals surface area contributed by atoms with E-state index in [0.29, 0.717) is 26.8 Å². The van der Waals surface area contributed by atoms with Crippen molar-refractivity contribution in [2.75, 3.05) is 0 Å². The number of hydrogen-bond acceptors (Lipinski definition) is 5. The average Bonchev–Trinajstić information content (AvgIpc) is 2.87. The molecule has 0 atom stereocenters. The van der Waals surface area contributed by atoms with Gasteiger partial charge < -0.3 is 0 Å². The first-order valence-corrected chi connectivity index (χ1v) is 14.1. The van der Waals surface area contributed by atoms with E-state index in [0.717, 1.165) is 32.2 Å². The van der Waals surface area contributed by atoms with Crippen molar-refractivity contribution in [2.24, 2.45) is 0 Å². The molecular formula is C29H22S6. The Hall–Kier alpha value is -1.80. The van der Waals surface area contributed by atoms with Crippen molar-refractivity contribution in [3.8, 4) is 0 Å². The van der Waals surface area contributed by atoms with Crippen LogP contribution in [0.4, 0.5) is 0 Å². The molecule has 0 spiro atoms. The second kappa shape index (κ2) is 12.4. The van der Waals surface area contributed by atoms with Crippen molar-refractivity contribution < 1.29 is 0 Å². The molecule has 35 heavy (non-hydrogen) atoms. The van der Waals surface area contributed by atoms with Gasteiger partial charge in [0.1, 0.15) is 0 Å². The number of thiol groups is 1. The zero-order chi connectivity index (χ0) is 24.8. The molecule has 6 heteroatoms. The fourth-order valence-corrected chi connectivity index (χ4v) is 6.69. The van der Waals surface area contributed by atoms with E-state index in [9.17, 15) is 0 Å². The van der Waals surface area contributed by atoms with Gasteiger partial charge in [0, 0.05) is 16.9 Å². The molecule has 0 N–H and O–H groups in total. The zero-order valence-electron chi connectivity index (χ0n) is 18.8. The van der Waals surface area contributed by atoms with Gasteiger partial charge >= 0.3 is 0 Å². The summed E-state index contributed by atoms with van der Waals surface area (Å²) in [6.07, 6.45) is 1.37. The third-order valence-electron chi connectivity index (χ3n) is 5.71. The highest BCUT2D eigenvalue weighted by Gasteiger charge is 2.32. The fourth-order valence-electron chi connectivity index (χ4n) is 4.03. The Labute approximate surface area is 238 Å². The minimum Gasteiger partial charge on any atom is -0.131 e. The Morgan fingerprint density at radius 2 is 1.00 bits per heavy atom. The third-order valence-corrected chi connectivity index (χ3v) is 8.58. The van der Waals surface area contributed by atoms with E-state index in [4.69, 9.17) is 48.9 Å². The van der Waals surface area contributed by atoms with Gasteiger partial charge in [0.15, 0.2) is 0 Å². The van der Waals surface area contributed by atoms with Crippen LogP contribution >= 0.6 is 73.3 Å². The lowest BCUT2D eigenvalue weighted by Gasteiger charge is -2.28. The van der Waals surface area contributed by atoms with Crippen molar-refractivity contribution in [2.45, 2.75) is 18.6 Å². The molecule has 0 radical (unpaired) electrons. The van der Waals surface area contributed by atoms with E-state index >= 15 is 0 Å². The molecule has 0 aliphatic heterocycles. The summed E-state index contributed by atoms with van der Waals surface area (Å²) < 4.78 is 1.23. The molecule has 3 aromatic rings. The predicted octanol–water partition coefficient (Wildman–Crippen LogP) is 8.34. The van der Waals surface area contributed by atoms with E-state index < -0.39 is 0 Å². The number of benzene rings is 3. The van der Waals surface area contributed by atoms with Gasteiger partial charge in [-0.25, -0.2) is 0 Å². The normalized spacial score (nSPS) is 13.9. The van der Waals surface area contributed by atoms with Crippen molar-refractivity contribution >= 4 is 91.4 Å². The maximum absolute atomic E-state index is 6.00. The number of hydrogen-bond donors (Lipinski definition) is 1. The van der Waals surface area contributed by atoms with Crippen molar-refractivity contribution in [3.05, 3.63) is 130 Å². The van der Waals surface area contributed by atoms with Gasteiger partial charge in [0.25, 0.3) is 0 Å². The largest absolute Gasteiger partial charge is 0.131 e. The third kappa shape index (κ3) is 6.50. The lowest BCUT2D eigenvalue weighted by Crippen LogP contribution is -2.29. The molecule has 0 unspecified atom stereocenters. The Bertz CT molecular complexity index is 1340. The summed E-state index contributed by atoms with van der Waals surface area (Å²) in [6, 6.07) is 31.0. The first-order valence-electron chi connectivity index (χ1n) is 11.0. The molecule has 1 aliphatic carbocycles. The second-order valence-electron chi connectivity index (χ2n) is 8.06. The van der Waals surface area contributed by atoms with E-state index in [2.05, 4.69) is 61.2 Å². The van der Waals surface area contributed by atoms with Gasteiger partial charge in [0.05, 0.1) is 18.1 Å². The minimum absolute atomic E-state index is 0.468. The summed E-state index contributed by atoms with van der Waals surface area (Å²) >= 11 is 29.6. The Morgan fingerprint density at radius 1 is 0.600 bits per heavy atom. The molecule has 0 nitrogen and oxygen atoms in total. The van der Waals surface area contributed by atoms with Crippen LogP contribution in [0.2, 0.25) is 0 Å². The molecule has 0 bridgehead atoms. The van der Waals surface area contributed by atoms with E-state index in [1.165, 1.54) is 16.7 Å². The van der Waals surface area contributed by atoms with E-state index in [1.54, 1.807) is 11.8 Å². The molecule has 0 amide bonds. The highest BCUT2D eigenvalue weighted by molar-refractivity contribution is 8.23. The van der Waals surface area contributed by atoms with Crippen LogP contribution < -0.4 is 0 Å². The maximum Gasteiger partial charge on any atom is 0.0799 e. The second-order valence-corrected chi connectivity index (χ2v) is 11.7. The van der Waals surface area contributed by atoms with Gasteiger partial charge in [-0.1, -0.05) is 140 Å². The Kier molecular flexibility index (Phi) is 9.34. The van der Waals surface area contributed by atoms with E-state index in [1.807, 2.05) is 42.5 Å². The quantitative estimate of drug-likeness (QED) is 0.216.